The van der Waals surface area contributed by atoms with Crippen LogP contribution in [0.25, 0.3) is 11.3 Å². The average molecular weight is 417 g/mol. The fourth-order valence-electron chi connectivity index (χ4n) is 3.09. The number of aromatic nitrogens is 2. The van der Waals surface area contributed by atoms with E-state index in [9.17, 15) is 23.2 Å². The summed E-state index contributed by atoms with van der Waals surface area (Å²) >= 11 is 1.45. The first kappa shape index (κ1) is 20.8. The predicted octanol–water partition coefficient (Wildman–Crippen LogP) is 5.17. The highest BCUT2D eigenvalue weighted by Crippen LogP contribution is 2.34. The standard InChI is InChI=1S/C21H18F3N3OS/c1-3-5-19-26-15(12-29-19)11-27-18(14-7-4-6-13(2)8-14)9-17(21(22,23)24)16(10-25)20(27)28/h4,6-9,12H,3,5,11H2,1-2H3. The molecule has 0 saturated carbocycles. The molecule has 0 aliphatic heterocycles. The van der Waals surface area contributed by atoms with Crippen LogP contribution in [0.3, 0.4) is 0 Å². The molecule has 0 aliphatic carbocycles. The fraction of sp³-hybridized carbons (Fsp3) is 0.286. The number of alkyl halides is 3. The smallest absolute Gasteiger partial charge is 0.301 e. The molecule has 0 unspecified atom stereocenters. The SMILES string of the molecule is CCCc1nc(Cn2c(-c3cccc(C)c3)cc(C(F)(F)F)c(C#N)c2=O)cs1. The largest absolute Gasteiger partial charge is 0.417 e. The highest BCUT2D eigenvalue weighted by atomic mass is 32.1. The van der Waals surface area contributed by atoms with E-state index < -0.39 is 22.9 Å². The zero-order valence-electron chi connectivity index (χ0n) is 15.9. The molecule has 1 aromatic carbocycles. The van der Waals surface area contributed by atoms with E-state index >= 15 is 0 Å². The quantitative estimate of drug-likeness (QED) is 0.575. The Balaban J connectivity index is 2.24. The first-order valence-electron chi connectivity index (χ1n) is 9.00. The topological polar surface area (TPSA) is 58.7 Å². The Labute approximate surface area is 169 Å². The van der Waals surface area contributed by atoms with E-state index in [4.69, 9.17) is 0 Å². The third-order valence-electron chi connectivity index (χ3n) is 4.41. The van der Waals surface area contributed by atoms with Crippen molar-refractivity contribution in [2.45, 2.75) is 39.4 Å². The van der Waals surface area contributed by atoms with Crippen LogP contribution in [0.5, 0.6) is 0 Å². The summed E-state index contributed by atoms with van der Waals surface area (Å²) in [4.78, 5) is 17.4. The lowest BCUT2D eigenvalue weighted by Gasteiger charge is -2.17. The van der Waals surface area contributed by atoms with E-state index in [0.29, 0.717) is 11.3 Å². The highest BCUT2D eigenvalue weighted by molar-refractivity contribution is 7.09. The molecule has 3 aromatic rings. The minimum atomic E-state index is -4.81. The van der Waals surface area contributed by atoms with Crippen molar-refractivity contribution < 1.29 is 13.2 Å². The summed E-state index contributed by atoms with van der Waals surface area (Å²) in [5, 5.41) is 12.0. The van der Waals surface area contributed by atoms with Gasteiger partial charge in [-0.25, -0.2) is 4.98 Å². The van der Waals surface area contributed by atoms with Crippen molar-refractivity contribution in [3.05, 3.63) is 73.5 Å². The van der Waals surface area contributed by atoms with Crippen LogP contribution in [0, 0.1) is 18.3 Å². The van der Waals surface area contributed by atoms with Crippen LogP contribution in [-0.2, 0) is 19.1 Å². The number of aryl methyl sites for hydroxylation is 2. The van der Waals surface area contributed by atoms with Crippen LogP contribution in [-0.4, -0.2) is 9.55 Å². The first-order chi connectivity index (χ1) is 13.7. The number of halogens is 3. The highest BCUT2D eigenvalue weighted by Gasteiger charge is 2.36. The van der Waals surface area contributed by atoms with E-state index in [-0.39, 0.29) is 12.2 Å². The molecule has 3 rings (SSSR count). The van der Waals surface area contributed by atoms with Gasteiger partial charge < -0.3 is 4.57 Å². The van der Waals surface area contributed by atoms with Crippen molar-refractivity contribution in [3.63, 3.8) is 0 Å². The maximum Gasteiger partial charge on any atom is 0.417 e. The molecule has 0 bridgehead atoms. The van der Waals surface area contributed by atoms with Crippen LogP contribution in [0.1, 0.15) is 40.7 Å². The van der Waals surface area contributed by atoms with Crippen molar-refractivity contribution in [1.29, 1.82) is 5.26 Å². The van der Waals surface area contributed by atoms with Gasteiger partial charge in [-0.05, 0) is 37.5 Å². The second-order valence-corrected chi connectivity index (χ2v) is 7.61. The second-order valence-electron chi connectivity index (χ2n) is 6.67. The van der Waals surface area contributed by atoms with Crippen LogP contribution in [0.15, 0.2) is 40.5 Å². The van der Waals surface area contributed by atoms with Crippen molar-refractivity contribution >= 4 is 11.3 Å². The van der Waals surface area contributed by atoms with E-state index in [2.05, 4.69) is 4.98 Å². The lowest BCUT2D eigenvalue weighted by atomic mass is 10.0. The number of nitrogens with zero attached hydrogens (tertiary/aromatic N) is 3. The normalized spacial score (nSPS) is 11.4. The van der Waals surface area contributed by atoms with Gasteiger partial charge in [-0.2, -0.15) is 18.4 Å². The third kappa shape index (κ3) is 4.40. The molecular formula is C21H18F3N3OS. The summed E-state index contributed by atoms with van der Waals surface area (Å²) in [6, 6.07) is 9.21. The van der Waals surface area contributed by atoms with Gasteiger partial charge >= 0.3 is 6.18 Å². The van der Waals surface area contributed by atoms with Gasteiger partial charge in [0.1, 0.15) is 11.6 Å². The van der Waals surface area contributed by atoms with Gasteiger partial charge in [-0.1, -0.05) is 30.7 Å². The van der Waals surface area contributed by atoms with E-state index in [1.54, 1.807) is 23.6 Å². The Morgan fingerprint density at radius 3 is 2.66 bits per heavy atom. The van der Waals surface area contributed by atoms with Crippen LogP contribution >= 0.6 is 11.3 Å². The summed E-state index contributed by atoms with van der Waals surface area (Å²) < 4.78 is 41.8. The molecule has 0 amide bonds. The lowest BCUT2D eigenvalue weighted by molar-refractivity contribution is -0.137. The number of pyridine rings is 1. The predicted molar refractivity (Wildman–Crippen MR) is 106 cm³/mol. The lowest BCUT2D eigenvalue weighted by Crippen LogP contribution is -2.28. The summed E-state index contributed by atoms with van der Waals surface area (Å²) in [5.41, 5.74) is -1.09. The van der Waals surface area contributed by atoms with Gasteiger partial charge in [0.2, 0.25) is 0 Å². The van der Waals surface area contributed by atoms with E-state index in [1.807, 2.05) is 19.9 Å². The molecule has 2 aromatic heterocycles. The minimum Gasteiger partial charge on any atom is -0.301 e. The Morgan fingerprint density at radius 2 is 2.03 bits per heavy atom. The van der Waals surface area contributed by atoms with Gasteiger partial charge in [-0.3, -0.25) is 4.79 Å². The van der Waals surface area contributed by atoms with Gasteiger partial charge in [0.05, 0.1) is 28.5 Å². The number of hydrogen-bond acceptors (Lipinski definition) is 4. The summed E-state index contributed by atoms with van der Waals surface area (Å²) in [5.74, 6) is 0. The van der Waals surface area contributed by atoms with Crippen molar-refractivity contribution in [3.8, 4) is 17.3 Å². The van der Waals surface area contributed by atoms with Gasteiger partial charge in [0.15, 0.2) is 0 Å². The van der Waals surface area contributed by atoms with Crippen LogP contribution in [0.4, 0.5) is 13.2 Å². The fourth-order valence-corrected chi connectivity index (χ4v) is 3.98. The molecule has 0 spiro atoms. The molecule has 0 aliphatic rings. The van der Waals surface area contributed by atoms with Crippen LogP contribution < -0.4 is 5.56 Å². The number of benzene rings is 1. The first-order valence-corrected chi connectivity index (χ1v) is 9.88. The van der Waals surface area contributed by atoms with E-state index in [1.165, 1.54) is 22.0 Å². The molecule has 4 nitrogen and oxygen atoms in total. The molecule has 0 N–H and O–H groups in total. The van der Waals surface area contributed by atoms with Gasteiger partial charge in [0.25, 0.3) is 5.56 Å². The van der Waals surface area contributed by atoms with Crippen molar-refractivity contribution in [2.24, 2.45) is 0 Å². The molecule has 150 valence electrons. The number of nitriles is 1. The van der Waals surface area contributed by atoms with Crippen LogP contribution in [0.2, 0.25) is 0 Å². The number of thiazole rings is 1. The zero-order valence-corrected chi connectivity index (χ0v) is 16.7. The number of hydrogen-bond donors (Lipinski definition) is 0. The maximum absolute atomic E-state index is 13.5. The molecule has 0 fully saturated rings. The Bertz CT molecular complexity index is 1140. The maximum atomic E-state index is 13.5. The van der Waals surface area contributed by atoms with Gasteiger partial charge in [-0.15, -0.1) is 11.3 Å². The molecule has 8 heteroatoms. The second kappa shape index (κ2) is 8.21. The molecule has 0 atom stereocenters. The minimum absolute atomic E-state index is 0.00482. The van der Waals surface area contributed by atoms with Crippen molar-refractivity contribution in [1.82, 2.24) is 9.55 Å². The molecule has 2 heterocycles. The van der Waals surface area contributed by atoms with Gasteiger partial charge in [0, 0.05) is 5.38 Å². The summed E-state index contributed by atoms with van der Waals surface area (Å²) in [6.07, 6.45) is -3.10. The van der Waals surface area contributed by atoms with E-state index in [0.717, 1.165) is 29.5 Å². The summed E-state index contributed by atoms with van der Waals surface area (Å²) in [7, 11) is 0. The number of rotatable bonds is 5. The molecule has 0 radical (unpaired) electrons. The Morgan fingerprint density at radius 1 is 1.28 bits per heavy atom. The zero-order chi connectivity index (χ0) is 21.2. The molecule has 0 saturated heterocycles. The third-order valence-corrected chi connectivity index (χ3v) is 5.37. The monoisotopic (exact) mass is 417 g/mol. The average Bonchev–Trinajstić information content (AvgIpc) is 3.09. The van der Waals surface area contributed by atoms with Crippen molar-refractivity contribution in [2.75, 3.05) is 0 Å². The molecule has 29 heavy (non-hydrogen) atoms. The molecular weight excluding hydrogens is 399 g/mol. The summed E-state index contributed by atoms with van der Waals surface area (Å²) in [6.45, 7) is 3.84. The Kier molecular flexibility index (Phi) is 5.89. The Hall–Kier alpha value is -2.92.